The Balaban J connectivity index is 1.64. The molecule has 7 nitrogen and oxygen atoms in total. The SMILES string of the molecule is C[C@H]1COCC[C@H]1S(=O)(=O)NCc1noc(-c2cccs2)n1. The van der Waals surface area contributed by atoms with Crippen LogP contribution in [0, 0.1) is 5.92 Å². The number of nitrogens with one attached hydrogen (secondary N) is 1. The molecule has 2 aromatic rings. The predicted molar refractivity (Wildman–Crippen MR) is 81.8 cm³/mol. The van der Waals surface area contributed by atoms with Crippen LogP contribution in [0.4, 0.5) is 0 Å². The molecule has 1 aliphatic heterocycles. The maximum absolute atomic E-state index is 12.4. The van der Waals surface area contributed by atoms with Gasteiger partial charge in [0.05, 0.1) is 23.3 Å². The molecule has 2 aromatic heterocycles. The number of hydrogen-bond acceptors (Lipinski definition) is 7. The van der Waals surface area contributed by atoms with Crippen molar-refractivity contribution >= 4 is 21.4 Å². The van der Waals surface area contributed by atoms with Gasteiger partial charge in [0.25, 0.3) is 5.89 Å². The molecule has 1 fully saturated rings. The van der Waals surface area contributed by atoms with E-state index >= 15 is 0 Å². The minimum Gasteiger partial charge on any atom is -0.381 e. The summed E-state index contributed by atoms with van der Waals surface area (Å²) in [5, 5.41) is 5.28. The van der Waals surface area contributed by atoms with Crippen molar-refractivity contribution < 1.29 is 17.7 Å². The number of thiophene rings is 1. The molecule has 0 amide bonds. The third-order valence-corrected chi connectivity index (χ3v) is 6.49. The van der Waals surface area contributed by atoms with Gasteiger partial charge < -0.3 is 9.26 Å². The molecule has 0 radical (unpaired) electrons. The summed E-state index contributed by atoms with van der Waals surface area (Å²) >= 11 is 1.49. The van der Waals surface area contributed by atoms with Crippen LogP contribution in [-0.4, -0.2) is 37.0 Å². The molecule has 1 N–H and O–H groups in total. The molecule has 0 aliphatic carbocycles. The zero-order valence-electron chi connectivity index (χ0n) is 12.1. The Morgan fingerprint density at radius 3 is 3.09 bits per heavy atom. The maximum Gasteiger partial charge on any atom is 0.268 e. The van der Waals surface area contributed by atoms with Crippen molar-refractivity contribution in [3.05, 3.63) is 23.3 Å². The summed E-state index contributed by atoms with van der Waals surface area (Å²) in [4.78, 5) is 5.06. The van der Waals surface area contributed by atoms with Crippen LogP contribution in [-0.2, 0) is 21.3 Å². The van der Waals surface area contributed by atoms with Gasteiger partial charge in [-0.2, -0.15) is 4.98 Å². The zero-order chi connectivity index (χ0) is 15.6. The lowest BCUT2D eigenvalue weighted by Gasteiger charge is -2.28. The summed E-state index contributed by atoms with van der Waals surface area (Å²) in [6.07, 6.45) is 0.503. The number of aromatic nitrogens is 2. The van der Waals surface area contributed by atoms with Crippen LogP contribution in [0.1, 0.15) is 19.2 Å². The van der Waals surface area contributed by atoms with Crippen LogP contribution >= 0.6 is 11.3 Å². The van der Waals surface area contributed by atoms with Crippen molar-refractivity contribution in [1.29, 1.82) is 0 Å². The van der Waals surface area contributed by atoms with E-state index < -0.39 is 15.3 Å². The Bertz CT molecular complexity index is 711. The van der Waals surface area contributed by atoms with Gasteiger partial charge in [0.15, 0.2) is 5.82 Å². The minimum absolute atomic E-state index is 0.0291. The van der Waals surface area contributed by atoms with E-state index in [0.717, 1.165) is 4.88 Å². The van der Waals surface area contributed by atoms with Gasteiger partial charge in [0.2, 0.25) is 10.0 Å². The molecule has 9 heteroatoms. The van der Waals surface area contributed by atoms with Gasteiger partial charge in [-0.25, -0.2) is 13.1 Å². The van der Waals surface area contributed by atoms with Crippen LogP contribution in [0.15, 0.2) is 22.0 Å². The lowest BCUT2D eigenvalue weighted by molar-refractivity contribution is 0.0635. The molecule has 1 saturated heterocycles. The highest BCUT2D eigenvalue weighted by Crippen LogP contribution is 2.23. The summed E-state index contributed by atoms with van der Waals surface area (Å²) in [5.41, 5.74) is 0. The first-order valence-corrected chi connectivity index (χ1v) is 9.41. The number of hydrogen-bond donors (Lipinski definition) is 1. The first-order chi connectivity index (χ1) is 10.6. The van der Waals surface area contributed by atoms with Gasteiger partial charge in [-0.1, -0.05) is 18.1 Å². The number of sulfonamides is 1. The second-order valence-electron chi connectivity index (χ2n) is 5.24. The lowest BCUT2D eigenvalue weighted by atomic mass is 10.0. The second-order valence-corrected chi connectivity index (χ2v) is 8.17. The second kappa shape index (κ2) is 6.45. The molecule has 3 heterocycles. The van der Waals surface area contributed by atoms with Crippen LogP contribution in [0.2, 0.25) is 0 Å². The molecular weight excluding hydrogens is 326 g/mol. The van der Waals surface area contributed by atoms with Gasteiger partial charge in [-0.05, 0) is 23.8 Å². The first-order valence-electron chi connectivity index (χ1n) is 6.99. The van der Waals surface area contributed by atoms with Crippen LogP contribution in [0.3, 0.4) is 0 Å². The van der Waals surface area contributed by atoms with Crippen molar-refractivity contribution in [2.24, 2.45) is 5.92 Å². The predicted octanol–water partition coefficient (Wildman–Crippen LogP) is 1.64. The van der Waals surface area contributed by atoms with Crippen molar-refractivity contribution in [1.82, 2.24) is 14.9 Å². The van der Waals surface area contributed by atoms with Crippen LogP contribution in [0.25, 0.3) is 10.8 Å². The van der Waals surface area contributed by atoms with Gasteiger partial charge >= 0.3 is 0 Å². The van der Waals surface area contributed by atoms with E-state index in [0.29, 0.717) is 31.3 Å². The van der Waals surface area contributed by atoms with E-state index in [4.69, 9.17) is 9.26 Å². The molecular formula is C13H17N3O4S2. The summed E-state index contributed by atoms with van der Waals surface area (Å²) in [6, 6.07) is 3.76. The smallest absolute Gasteiger partial charge is 0.268 e. The molecule has 3 rings (SSSR count). The summed E-state index contributed by atoms with van der Waals surface area (Å²) < 4.78 is 37.7. The molecule has 120 valence electrons. The first kappa shape index (κ1) is 15.6. The Hall–Kier alpha value is -1.29. The van der Waals surface area contributed by atoms with Gasteiger partial charge in [0, 0.05) is 6.61 Å². The third-order valence-electron chi connectivity index (χ3n) is 3.59. The quantitative estimate of drug-likeness (QED) is 0.887. The van der Waals surface area contributed by atoms with E-state index in [-0.39, 0.29) is 12.5 Å². The van der Waals surface area contributed by atoms with Crippen molar-refractivity contribution in [3.63, 3.8) is 0 Å². The molecule has 0 unspecified atom stereocenters. The largest absolute Gasteiger partial charge is 0.381 e. The highest BCUT2D eigenvalue weighted by atomic mass is 32.2. The fraction of sp³-hybridized carbons (Fsp3) is 0.538. The fourth-order valence-electron chi connectivity index (χ4n) is 2.42. The van der Waals surface area contributed by atoms with Gasteiger partial charge in [-0.15, -0.1) is 11.3 Å². The molecule has 0 bridgehead atoms. The Morgan fingerprint density at radius 2 is 2.36 bits per heavy atom. The zero-order valence-corrected chi connectivity index (χ0v) is 13.7. The molecule has 0 spiro atoms. The number of rotatable bonds is 5. The maximum atomic E-state index is 12.4. The minimum atomic E-state index is -3.42. The van der Waals surface area contributed by atoms with E-state index in [1.165, 1.54) is 11.3 Å². The molecule has 2 atom stereocenters. The highest BCUT2D eigenvalue weighted by Gasteiger charge is 2.33. The van der Waals surface area contributed by atoms with Crippen molar-refractivity contribution in [3.8, 4) is 10.8 Å². The highest BCUT2D eigenvalue weighted by molar-refractivity contribution is 7.90. The third kappa shape index (κ3) is 3.37. The number of nitrogens with zero attached hydrogens (tertiary/aromatic N) is 2. The molecule has 22 heavy (non-hydrogen) atoms. The van der Waals surface area contributed by atoms with Crippen LogP contribution < -0.4 is 4.72 Å². The Morgan fingerprint density at radius 1 is 1.50 bits per heavy atom. The van der Waals surface area contributed by atoms with E-state index in [2.05, 4.69) is 14.9 Å². The van der Waals surface area contributed by atoms with Crippen molar-refractivity contribution in [2.45, 2.75) is 25.1 Å². The van der Waals surface area contributed by atoms with Crippen LogP contribution in [0.5, 0.6) is 0 Å². The normalized spacial score (nSPS) is 22.8. The summed E-state index contributed by atoms with van der Waals surface area (Å²) in [6.45, 7) is 2.85. The van der Waals surface area contributed by atoms with E-state index in [1.54, 1.807) is 0 Å². The standard InChI is InChI=1S/C13H17N3O4S2/c1-9-8-19-5-4-11(9)22(17,18)14-7-12-15-13(20-16-12)10-3-2-6-21-10/h2-3,6,9,11,14H,4-5,7-8H2,1H3/t9-,11+/m0/s1. The lowest BCUT2D eigenvalue weighted by Crippen LogP contribution is -2.42. The fourth-order valence-corrected chi connectivity index (χ4v) is 4.71. The molecule has 0 aromatic carbocycles. The Kier molecular flexibility index (Phi) is 4.57. The topological polar surface area (TPSA) is 94.3 Å². The summed E-state index contributed by atoms with van der Waals surface area (Å²) in [7, 11) is -3.42. The molecule has 1 aliphatic rings. The van der Waals surface area contributed by atoms with E-state index in [1.807, 2.05) is 24.4 Å². The van der Waals surface area contributed by atoms with E-state index in [9.17, 15) is 8.42 Å². The number of ether oxygens (including phenoxy) is 1. The average Bonchev–Trinajstić information content (AvgIpc) is 3.17. The van der Waals surface area contributed by atoms with Gasteiger partial charge in [-0.3, -0.25) is 0 Å². The average molecular weight is 343 g/mol. The van der Waals surface area contributed by atoms with Crippen molar-refractivity contribution in [2.75, 3.05) is 13.2 Å². The Labute approximate surface area is 132 Å². The monoisotopic (exact) mass is 343 g/mol. The summed E-state index contributed by atoms with van der Waals surface area (Å²) in [5.74, 6) is 0.702. The van der Waals surface area contributed by atoms with Gasteiger partial charge in [0.1, 0.15) is 0 Å². The molecule has 0 saturated carbocycles.